The van der Waals surface area contributed by atoms with Crippen molar-refractivity contribution in [3.8, 4) is 0 Å². The molecule has 0 radical (unpaired) electrons. The predicted octanol–water partition coefficient (Wildman–Crippen LogP) is 4.62. The van der Waals surface area contributed by atoms with Gasteiger partial charge in [-0.3, -0.25) is 9.59 Å². The lowest BCUT2D eigenvalue weighted by molar-refractivity contribution is -0.113. The first-order valence-corrected chi connectivity index (χ1v) is 9.02. The van der Waals surface area contributed by atoms with Crippen LogP contribution < -0.4 is 0 Å². The Hall–Kier alpha value is -2.53. The van der Waals surface area contributed by atoms with Crippen LogP contribution in [0.5, 0.6) is 0 Å². The number of nitrogens with zero attached hydrogens (tertiary/aromatic N) is 2. The molecule has 1 aliphatic rings. The van der Waals surface area contributed by atoms with E-state index in [9.17, 15) is 9.59 Å². The number of fused-ring (bicyclic) bond motifs is 1. The van der Waals surface area contributed by atoms with Gasteiger partial charge in [0, 0.05) is 35.9 Å². The predicted molar refractivity (Wildman–Crippen MR) is 101 cm³/mol. The molecule has 2 atom stereocenters. The highest BCUT2D eigenvalue weighted by Crippen LogP contribution is 2.39. The number of aromatic nitrogens is 1. The summed E-state index contributed by atoms with van der Waals surface area (Å²) in [6, 6.07) is 18.0. The maximum Gasteiger partial charge on any atom is 0.289 e. The van der Waals surface area contributed by atoms with E-state index in [1.165, 1.54) is 10.5 Å². The molecule has 3 aromatic rings. The summed E-state index contributed by atoms with van der Waals surface area (Å²) in [6.07, 6.45) is 2.06. The minimum absolute atomic E-state index is 0.108. The van der Waals surface area contributed by atoms with Crippen LogP contribution in [0.25, 0.3) is 10.9 Å². The first kappa shape index (κ1) is 16.0. The zero-order chi connectivity index (χ0) is 17.6. The van der Waals surface area contributed by atoms with Crippen molar-refractivity contribution >= 4 is 33.0 Å². The molecule has 1 aromatic heterocycles. The van der Waals surface area contributed by atoms with Crippen LogP contribution >= 0.6 is 11.8 Å². The molecule has 2 heterocycles. The summed E-state index contributed by atoms with van der Waals surface area (Å²) >= 11 is 0.791. The van der Waals surface area contributed by atoms with E-state index in [-0.39, 0.29) is 16.4 Å². The number of likely N-dealkylation sites (N-methyl/N-ethyl adjacent to an activating group) is 1. The third-order valence-corrected chi connectivity index (χ3v) is 5.76. The number of carbonyl (C=O) groups is 2. The van der Waals surface area contributed by atoms with Gasteiger partial charge >= 0.3 is 0 Å². The Kier molecular flexibility index (Phi) is 3.88. The first-order valence-electron chi connectivity index (χ1n) is 8.21. The van der Waals surface area contributed by atoms with Crippen LogP contribution in [0.3, 0.4) is 0 Å². The van der Waals surface area contributed by atoms with Gasteiger partial charge in [0.1, 0.15) is 6.04 Å². The highest BCUT2D eigenvalue weighted by atomic mass is 32.2. The lowest BCUT2D eigenvalue weighted by Crippen LogP contribution is -2.23. The fourth-order valence-corrected chi connectivity index (χ4v) is 4.31. The van der Waals surface area contributed by atoms with E-state index in [0.717, 1.165) is 28.2 Å². The SMILES string of the molecule is CC(c1ccccc1)n1ccc2c(C3C(=O)SC(=O)N3C)cccc21. The second-order valence-corrected chi connectivity index (χ2v) is 7.25. The Labute approximate surface area is 150 Å². The maximum absolute atomic E-state index is 12.3. The number of carbonyl (C=O) groups excluding carboxylic acids is 2. The van der Waals surface area contributed by atoms with E-state index < -0.39 is 6.04 Å². The van der Waals surface area contributed by atoms with Crippen molar-refractivity contribution < 1.29 is 9.59 Å². The fourth-order valence-electron chi connectivity index (χ4n) is 3.49. The third-order valence-electron chi connectivity index (χ3n) is 4.88. The molecule has 2 unspecified atom stereocenters. The van der Waals surface area contributed by atoms with Crippen LogP contribution in [0, 0.1) is 0 Å². The highest BCUT2D eigenvalue weighted by molar-refractivity contribution is 8.26. The van der Waals surface area contributed by atoms with E-state index in [0.29, 0.717) is 0 Å². The van der Waals surface area contributed by atoms with E-state index in [1.807, 2.05) is 36.4 Å². The van der Waals surface area contributed by atoms with E-state index in [4.69, 9.17) is 0 Å². The van der Waals surface area contributed by atoms with Gasteiger partial charge in [0.25, 0.3) is 5.24 Å². The zero-order valence-electron chi connectivity index (χ0n) is 14.0. The molecule has 1 saturated heterocycles. The van der Waals surface area contributed by atoms with Gasteiger partial charge in [0.15, 0.2) is 0 Å². The van der Waals surface area contributed by atoms with Crippen molar-refractivity contribution in [2.24, 2.45) is 0 Å². The molecule has 4 nitrogen and oxygen atoms in total. The van der Waals surface area contributed by atoms with Gasteiger partial charge < -0.3 is 9.47 Å². The Morgan fingerprint density at radius 1 is 1.00 bits per heavy atom. The third kappa shape index (κ3) is 2.55. The average Bonchev–Trinajstić information content (AvgIpc) is 3.16. The minimum atomic E-state index is -0.510. The van der Waals surface area contributed by atoms with Gasteiger partial charge in [-0.2, -0.15) is 0 Å². The summed E-state index contributed by atoms with van der Waals surface area (Å²) in [5.41, 5.74) is 3.19. The van der Waals surface area contributed by atoms with Crippen LogP contribution in [-0.2, 0) is 4.79 Å². The lowest BCUT2D eigenvalue weighted by atomic mass is 10.0. The number of hydrogen-bond donors (Lipinski definition) is 0. The molecule has 1 fully saturated rings. The molecule has 1 aliphatic heterocycles. The topological polar surface area (TPSA) is 42.3 Å². The van der Waals surface area contributed by atoms with Gasteiger partial charge in [0.05, 0.1) is 6.04 Å². The zero-order valence-corrected chi connectivity index (χ0v) is 14.9. The molecular weight excluding hydrogens is 332 g/mol. The molecule has 25 heavy (non-hydrogen) atoms. The minimum Gasteiger partial charge on any atom is -0.340 e. The van der Waals surface area contributed by atoms with Gasteiger partial charge in [-0.1, -0.05) is 42.5 Å². The molecule has 126 valence electrons. The maximum atomic E-state index is 12.3. The molecule has 0 spiro atoms. The Balaban J connectivity index is 1.82. The second-order valence-electron chi connectivity index (χ2n) is 6.29. The van der Waals surface area contributed by atoms with Crippen molar-refractivity contribution in [2.45, 2.75) is 19.0 Å². The summed E-state index contributed by atoms with van der Waals surface area (Å²) in [7, 11) is 1.69. The first-order chi connectivity index (χ1) is 12.1. The van der Waals surface area contributed by atoms with Gasteiger partial charge in [-0.25, -0.2) is 0 Å². The summed E-state index contributed by atoms with van der Waals surface area (Å²) in [4.78, 5) is 25.7. The van der Waals surface area contributed by atoms with Gasteiger partial charge in [0.2, 0.25) is 5.12 Å². The van der Waals surface area contributed by atoms with Crippen molar-refractivity contribution in [3.63, 3.8) is 0 Å². The molecule has 0 N–H and O–H groups in total. The summed E-state index contributed by atoms with van der Waals surface area (Å²) in [5.74, 6) is 0. The summed E-state index contributed by atoms with van der Waals surface area (Å²) < 4.78 is 2.21. The number of benzene rings is 2. The van der Waals surface area contributed by atoms with Crippen molar-refractivity contribution in [1.82, 2.24) is 9.47 Å². The Morgan fingerprint density at radius 3 is 2.44 bits per heavy atom. The molecule has 4 rings (SSSR count). The van der Waals surface area contributed by atoms with Crippen molar-refractivity contribution in [1.29, 1.82) is 0 Å². The molecule has 0 saturated carbocycles. The normalized spacial score (nSPS) is 19.0. The summed E-state index contributed by atoms with van der Waals surface area (Å²) in [5, 5.41) is 0.721. The number of hydrogen-bond acceptors (Lipinski definition) is 3. The molecule has 1 amide bonds. The number of amides is 1. The van der Waals surface area contributed by atoms with Crippen molar-refractivity contribution in [3.05, 3.63) is 71.9 Å². The fraction of sp³-hybridized carbons (Fsp3) is 0.200. The van der Waals surface area contributed by atoms with Crippen LogP contribution in [-0.4, -0.2) is 26.9 Å². The smallest absolute Gasteiger partial charge is 0.289 e. The van der Waals surface area contributed by atoms with E-state index in [1.54, 1.807) is 7.05 Å². The average molecular weight is 350 g/mol. The molecule has 0 bridgehead atoms. The molecule has 0 aliphatic carbocycles. The standard InChI is InChI=1S/C20H18N2O2S/c1-13(14-7-4-3-5-8-14)22-12-11-15-16(9-6-10-17(15)22)18-19(23)25-20(24)21(18)2/h3-13,18H,1-2H3. The van der Waals surface area contributed by atoms with Crippen LogP contribution in [0.1, 0.15) is 30.1 Å². The highest BCUT2D eigenvalue weighted by Gasteiger charge is 2.39. The monoisotopic (exact) mass is 350 g/mol. The van der Waals surface area contributed by atoms with Crippen LogP contribution in [0.2, 0.25) is 0 Å². The summed E-state index contributed by atoms with van der Waals surface area (Å²) in [6.45, 7) is 2.16. The largest absolute Gasteiger partial charge is 0.340 e. The van der Waals surface area contributed by atoms with E-state index >= 15 is 0 Å². The van der Waals surface area contributed by atoms with Crippen LogP contribution in [0.4, 0.5) is 4.79 Å². The number of rotatable bonds is 3. The molecule has 5 heteroatoms. The number of thioether (sulfide) groups is 1. The quantitative estimate of drug-likeness (QED) is 0.692. The van der Waals surface area contributed by atoms with Crippen LogP contribution in [0.15, 0.2) is 60.8 Å². The van der Waals surface area contributed by atoms with E-state index in [2.05, 4.69) is 35.9 Å². The van der Waals surface area contributed by atoms with Gasteiger partial charge in [-0.15, -0.1) is 0 Å². The molecular formula is C20H18N2O2S. The second kappa shape index (κ2) is 6.08. The Bertz CT molecular complexity index is 964. The lowest BCUT2D eigenvalue weighted by Gasteiger charge is -2.20. The molecule has 2 aromatic carbocycles. The van der Waals surface area contributed by atoms with Crippen molar-refractivity contribution in [2.75, 3.05) is 7.05 Å². The van der Waals surface area contributed by atoms with Gasteiger partial charge in [-0.05, 0) is 30.2 Å². The Morgan fingerprint density at radius 2 is 1.76 bits per heavy atom.